The van der Waals surface area contributed by atoms with Gasteiger partial charge in [-0.05, 0) is 36.1 Å². The van der Waals surface area contributed by atoms with Crippen LogP contribution in [0.4, 0.5) is 4.39 Å². The van der Waals surface area contributed by atoms with Gasteiger partial charge < -0.3 is 9.47 Å². The van der Waals surface area contributed by atoms with Gasteiger partial charge in [0.15, 0.2) is 0 Å². The molecule has 136 valence electrons. The first kappa shape index (κ1) is 18.0. The molecule has 2 atom stereocenters. The maximum absolute atomic E-state index is 13.1. The highest BCUT2D eigenvalue weighted by atomic mass is 19.1. The van der Waals surface area contributed by atoms with Gasteiger partial charge in [-0.1, -0.05) is 12.1 Å². The Balaban J connectivity index is 1.69. The highest BCUT2D eigenvalue weighted by Crippen LogP contribution is 2.26. The van der Waals surface area contributed by atoms with E-state index in [1.165, 1.54) is 17.7 Å². The summed E-state index contributed by atoms with van der Waals surface area (Å²) in [4.78, 5) is 2.43. The summed E-state index contributed by atoms with van der Waals surface area (Å²) in [6.45, 7) is 2.98. The second-order valence-electron chi connectivity index (χ2n) is 6.58. The smallest absolute Gasteiger partial charge is 0.123 e. The lowest BCUT2D eigenvalue weighted by atomic mass is 10.0. The molecule has 1 aliphatic heterocycles. The summed E-state index contributed by atoms with van der Waals surface area (Å²) in [6.07, 6.45) is 6.04. The largest absolute Gasteiger partial charge is 0.382 e. The van der Waals surface area contributed by atoms with Gasteiger partial charge in [-0.15, -0.1) is 0 Å². The molecule has 1 saturated heterocycles. The SMILES string of the molecule is COCCO[C@H]1CCN(Cc2ccc(F)cc2)[C@@H]1Cc1cnn(C)c1. The predicted octanol–water partition coefficient (Wildman–Crippen LogP) is 2.41. The van der Waals surface area contributed by atoms with Crippen LogP contribution in [-0.4, -0.2) is 53.7 Å². The minimum absolute atomic E-state index is 0.177. The molecule has 0 unspecified atom stereocenters. The van der Waals surface area contributed by atoms with E-state index in [0.717, 1.165) is 31.5 Å². The van der Waals surface area contributed by atoms with Crippen molar-refractivity contribution in [3.63, 3.8) is 0 Å². The Bertz CT molecular complexity index is 659. The lowest BCUT2D eigenvalue weighted by Gasteiger charge is -2.28. The van der Waals surface area contributed by atoms with Crippen molar-refractivity contribution in [2.45, 2.75) is 31.5 Å². The van der Waals surface area contributed by atoms with Gasteiger partial charge in [0, 0.05) is 39.5 Å². The number of aryl methyl sites for hydroxylation is 1. The summed E-state index contributed by atoms with van der Waals surface area (Å²) in [6, 6.07) is 7.04. The Labute approximate surface area is 148 Å². The van der Waals surface area contributed by atoms with Crippen LogP contribution < -0.4 is 0 Å². The summed E-state index contributed by atoms with van der Waals surface area (Å²) in [5.41, 5.74) is 2.33. The lowest BCUT2D eigenvalue weighted by molar-refractivity contribution is -0.00131. The third-order valence-electron chi connectivity index (χ3n) is 4.72. The monoisotopic (exact) mass is 347 g/mol. The van der Waals surface area contributed by atoms with E-state index in [9.17, 15) is 4.39 Å². The molecular formula is C19H26FN3O2. The number of halogens is 1. The molecule has 0 amide bonds. The van der Waals surface area contributed by atoms with Crippen LogP contribution in [0.1, 0.15) is 17.5 Å². The summed E-state index contributed by atoms with van der Waals surface area (Å²) < 4.78 is 26.1. The summed E-state index contributed by atoms with van der Waals surface area (Å²) in [7, 11) is 3.62. The highest BCUT2D eigenvalue weighted by molar-refractivity contribution is 5.17. The number of ether oxygens (including phenoxy) is 2. The van der Waals surface area contributed by atoms with Crippen LogP contribution >= 0.6 is 0 Å². The van der Waals surface area contributed by atoms with Crippen molar-refractivity contribution in [2.24, 2.45) is 7.05 Å². The molecule has 25 heavy (non-hydrogen) atoms. The molecule has 1 fully saturated rings. The number of benzene rings is 1. The van der Waals surface area contributed by atoms with Gasteiger partial charge in [0.25, 0.3) is 0 Å². The van der Waals surface area contributed by atoms with E-state index in [1.54, 1.807) is 7.11 Å². The number of likely N-dealkylation sites (tertiary alicyclic amines) is 1. The van der Waals surface area contributed by atoms with Crippen LogP contribution in [0.15, 0.2) is 36.7 Å². The van der Waals surface area contributed by atoms with Crippen molar-refractivity contribution in [1.82, 2.24) is 14.7 Å². The Morgan fingerprint density at radius 2 is 2.00 bits per heavy atom. The number of methoxy groups -OCH3 is 1. The molecule has 0 spiro atoms. The van der Waals surface area contributed by atoms with Crippen LogP contribution in [0, 0.1) is 5.82 Å². The van der Waals surface area contributed by atoms with E-state index < -0.39 is 0 Å². The van der Waals surface area contributed by atoms with E-state index in [2.05, 4.69) is 16.2 Å². The molecule has 2 aromatic rings. The topological polar surface area (TPSA) is 39.5 Å². The quantitative estimate of drug-likeness (QED) is 0.688. The zero-order valence-corrected chi connectivity index (χ0v) is 14.9. The first-order valence-electron chi connectivity index (χ1n) is 8.72. The number of hydrogen-bond acceptors (Lipinski definition) is 4. The second-order valence-corrected chi connectivity index (χ2v) is 6.58. The van der Waals surface area contributed by atoms with Gasteiger partial charge in [0.2, 0.25) is 0 Å². The Hall–Kier alpha value is -1.76. The summed E-state index contributed by atoms with van der Waals surface area (Å²) >= 11 is 0. The van der Waals surface area contributed by atoms with Crippen molar-refractivity contribution < 1.29 is 13.9 Å². The van der Waals surface area contributed by atoms with Gasteiger partial charge in [-0.25, -0.2) is 4.39 Å². The molecule has 0 N–H and O–H groups in total. The van der Waals surface area contributed by atoms with Gasteiger partial charge in [0.1, 0.15) is 5.82 Å². The molecule has 0 radical (unpaired) electrons. The minimum atomic E-state index is -0.196. The van der Waals surface area contributed by atoms with E-state index in [4.69, 9.17) is 9.47 Å². The normalized spacial score (nSPS) is 21.1. The number of hydrogen-bond donors (Lipinski definition) is 0. The number of rotatable bonds is 8. The van der Waals surface area contributed by atoms with Gasteiger partial charge in [-0.3, -0.25) is 9.58 Å². The molecule has 1 aromatic heterocycles. The third kappa shape index (κ3) is 4.87. The second kappa shape index (κ2) is 8.56. The van der Waals surface area contributed by atoms with Gasteiger partial charge in [-0.2, -0.15) is 5.10 Å². The Morgan fingerprint density at radius 3 is 2.68 bits per heavy atom. The molecule has 2 heterocycles. The first-order chi connectivity index (χ1) is 12.2. The molecule has 0 aliphatic carbocycles. The van der Waals surface area contributed by atoms with E-state index in [0.29, 0.717) is 13.2 Å². The van der Waals surface area contributed by atoms with Crippen molar-refractivity contribution in [1.29, 1.82) is 0 Å². The maximum Gasteiger partial charge on any atom is 0.123 e. The van der Waals surface area contributed by atoms with Crippen LogP contribution in [-0.2, 0) is 29.5 Å². The minimum Gasteiger partial charge on any atom is -0.382 e. The lowest BCUT2D eigenvalue weighted by Crippen LogP contribution is -2.38. The average molecular weight is 347 g/mol. The molecular weight excluding hydrogens is 321 g/mol. The van der Waals surface area contributed by atoms with Crippen LogP contribution in [0.3, 0.4) is 0 Å². The van der Waals surface area contributed by atoms with Crippen molar-refractivity contribution in [2.75, 3.05) is 26.9 Å². The summed E-state index contributed by atoms with van der Waals surface area (Å²) in [5.74, 6) is -0.196. The van der Waals surface area contributed by atoms with Crippen LogP contribution in [0.25, 0.3) is 0 Å². The molecule has 0 bridgehead atoms. The number of nitrogens with zero attached hydrogens (tertiary/aromatic N) is 3. The first-order valence-corrected chi connectivity index (χ1v) is 8.72. The Morgan fingerprint density at radius 1 is 1.20 bits per heavy atom. The fraction of sp³-hybridized carbons (Fsp3) is 0.526. The molecule has 5 nitrogen and oxygen atoms in total. The van der Waals surface area contributed by atoms with Crippen molar-refractivity contribution >= 4 is 0 Å². The van der Waals surface area contributed by atoms with Gasteiger partial charge >= 0.3 is 0 Å². The zero-order chi connectivity index (χ0) is 17.6. The molecule has 1 aliphatic rings. The fourth-order valence-corrected chi connectivity index (χ4v) is 3.46. The molecule has 1 aromatic carbocycles. The zero-order valence-electron chi connectivity index (χ0n) is 14.9. The Kier molecular flexibility index (Phi) is 6.18. The highest BCUT2D eigenvalue weighted by Gasteiger charge is 2.35. The molecule has 0 saturated carbocycles. The fourth-order valence-electron chi connectivity index (χ4n) is 3.46. The molecule has 6 heteroatoms. The predicted molar refractivity (Wildman–Crippen MR) is 93.7 cm³/mol. The van der Waals surface area contributed by atoms with Crippen molar-refractivity contribution in [3.05, 3.63) is 53.6 Å². The summed E-state index contributed by atoms with van der Waals surface area (Å²) in [5, 5.41) is 4.27. The van der Waals surface area contributed by atoms with E-state index in [-0.39, 0.29) is 18.0 Å². The number of aromatic nitrogens is 2. The maximum atomic E-state index is 13.1. The standard InChI is InChI=1S/C19H26FN3O2/c1-22-13-16(12-21-22)11-18-19(25-10-9-24-2)7-8-23(18)14-15-3-5-17(20)6-4-15/h3-6,12-13,18-19H,7-11,14H2,1-2H3/t18-,19+/m1/s1. The van der Waals surface area contributed by atoms with Gasteiger partial charge in [0.05, 0.1) is 25.5 Å². The van der Waals surface area contributed by atoms with Crippen molar-refractivity contribution in [3.8, 4) is 0 Å². The van der Waals surface area contributed by atoms with Crippen LogP contribution in [0.2, 0.25) is 0 Å². The average Bonchev–Trinajstić information content (AvgIpc) is 3.18. The molecule has 3 rings (SSSR count). The third-order valence-corrected chi connectivity index (χ3v) is 4.72. The van der Waals surface area contributed by atoms with Crippen LogP contribution in [0.5, 0.6) is 0 Å². The van der Waals surface area contributed by atoms with E-state index in [1.807, 2.05) is 30.1 Å². The van der Waals surface area contributed by atoms with E-state index >= 15 is 0 Å².